The summed E-state index contributed by atoms with van der Waals surface area (Å²) >= 11 is 1.95. The van der Waals surface area contributed by atoms with Crippen molar-refractivity contribution in [2.75, 3.05) is 5.32 Å². The number of nitrogens with zero attached hydrogens (tertiary/aromatic N) is 3. The van der Waals surface area contributed by atoms with Crippen LogP contribution in [-0.2, 0) is 7.05 Å². The van der Waals surface area contributed by atoms with Crippen LogP contribution in [0.3, 0.4) is 0 Å². The lowest BCUT2D eigenvalue weighted by atomic mass is 10.2. The number of hydrogen-bond donors (Lipinski definition) is 2. The first-order chi connectivity index (χ1) is 9.38. The largest absolute Gasteiger partial charge is 0.506 e. The third-order valence-corrected chi connectivity index (χ3v) is 3.23. The van der Waals surface area contributed by atoms with Gasteiger partial charge in [0, 0.05) is 25.4 Å². The summed E-state index contributed by atoms with van der Waals surface area (Å²) in [6.07, 6.45) is 1.66. The molecular weight excluding hydrogens is 379 g/mol. The molecule has 2 rings (SSSR count). The zero-order chi connectivity index (χ0) is 14.9. The second-order valence-corrected chi connectivity index (χ2v) is 5.07. The number of nitrogens with one attached hydrogen (secondary N) is 1. The number of halogens is 1. The summed E-state index contributed by atoms with van der Waals surface area (Å²) in [6, 6.07) is 3.38. The van der Waals surface area contributed by atoms with Crippen LogP contribution in [0.4, 0.5) is 11.4 Å². The Morgan fingerprint density at radius 2 is 2.25 bits per heavy atom. The van der Waals surface area contributed by atoms with Gasteiger partial charge >= 0.3 is 0 Å². The number of amides is 1. The summed E-state index contributed by atoms with van der Waals surface area (Å²) in [7, 11) is 1.67. The Morgan fingerprint density at radius 1 is 1.55 bits per heavy atom. The lowest BCUT2D eigenvalue weighted by Gasteiger charge is -2.05. The molecule has 1 heterocycles. The van der Waals surface area contributed by atoms with Gasteiger partial charge in [0.1, 0.15) is 5.75 Å². The van der Waals surface area contributed by atoms with Gasteiger partial charge in [-0.05, 0) is 28.7 Å². The molecule has 2 aromatic rings. The summed E-state index contributed by atoms with van der Waals surface area (Å²) in [5.41, 5.74) is -0.0847. The second-order valence-electron chi connectivity index (χ2n) is 3.91. The number of carbonyl (C=O) groups is 1. The smallest absolute Gasteiger partial charge is 0.277 e. The third-order valence-electron chi connectivity index (χ3n) is 2.44. The zero-order valence-electron chi connectivity index (χ0n) is 10.2. The van der Waals surface area contributed by atoms with E-state index in [1.807, 2.05) is 22.6 Å². The van der Waals surface area contributed by atoms with Crippen molar-refractivity contribution in [1.29, 1.82) is 0 Å². The molecule has 9 heteroatoms. The van der Waals surface area contributed by atoms with E-state index in [1.165, 1.54) is 4.68 Å². The molecule has 8 nitrogen and oxygen atoms in total. The number of aryl methyl sites for hydroxylation is 1. The molecule has 0 bridgehead atoms. The highest BCUT2D eigenvalue weighted by Crippen LogP contribution is 2.28. The lowest BCUT2D eigenvalue weighted by Crippen LogP contribution is -2.14. The number of non-ortho nitro benzene ring substituents is 1. The van der Waals surface area contributed by atoms with E-state index in [9.17, 15) is 20.0 Å². The summed E-state index contributed by atoms with van der Waals surface area (Å²) in [5.74, 6) is -0.805. The summed E-state index contributed by atoms with van der Waals surface area (Å²) < 4.78 is 2.11. The highest BCUT2D eigenvalue weighted by Gasteiger charge is 2.17. The number of anilines is 1. The minimum Gasteiger partial charge on any atom is -0.506 e. The van der Waals surface area contributed by atoms with E-state index in [-0.39, 0.29) is 22.8 Å². The van der Waals surface area contributed by atoms with Crippen LogP contribution >= 0.6 is 22.6 Å². The van der Waals surface area contributed by atoms with Crippen molar-refractivity contribution in [3.05, 3.63) is 43.8 Å². The van der Waals surface area contributed by atoms with Crippen LogP contribution < -0.4 is 5.32 Å². The van der Waals surface area contributed by atoms with Crippen LogP contribution in [-0.4, -0.2) is 25.7 Å². The van der Waals surface area contributed by atoms with E-state index in [2.05, 4.69) is 10.4 Å². The van der Waals surface area contributed by atoms with Crippen molar-refractivity contribution >= 4 is 39.9 Å². The summed E-state index contributed by atoms with van der Waals surface area (Å²) in [6.45, 7) is 0. The van der Waals surface area contributed by atoms with E-state index in [0.717, 1.165) is 18.2 Å². The number of aromatic hydroxyl groups is 1. The molecule has 0 saturated carbocycles. The maximum Gasteiger partial charge on any atom is 0.277 e. The number of benzene rings is 1. The topological polar surface area (TPSA) is 110 Å². The van der Waals surface area contributed by atoms with Crippen molar-refractivity contribution in [2.24, 2.45) is 7.05 Å². The Hall–Kier alpha value is -2.17. The van der Waals surface area contributed by atoms with Gasteiger partial charge in [0.2, 0.25) is 0 Å². The van der Waals surface area contributed by atoms with E-state index < -0.39 is 10.8 Å². The molecule has 0 radical (unpaired) electrons. The molecule has 20 heavy (non-hydrogen) atoms. The van der Waals surface area contributed by atoms with Gasteiger partial charge in [0.15, 0.2) is 5.69 Å². The molecule has 0 aliphatic carbocycles. The van der Waals surface area contributed by atoms with E-state index in [0.29, 0.717) is 3.57 Å². The molecule has 1 aromatic heterocycles. The third kappa shape index (κ3) is 2.87. The number of rotatable bonds is 3. The van der Waals surface area contributed by atoms with Gasteiger partial charge in [-0.1, -0.05) is 0 Å². The van der Waals surface area contributed by atoms with E-state index in [1.54, 1.807) is 13.2 Å². The molecule has 1 amide bonds. The number of aromatic nitrogens is 2. The van der Waals surface area contributed by atoms with Crippen molar-refractivity contribution in [2.45, 2.75) is 0 Å². The molecular formula is C11H9IN4O4. The van der Waals surface area contributed by atoms with Crippen LogP contribution in [0.15, 0.2) is 24.4 Å². The van der Waals surface area contributed by atoms with Crippen LogP contribution in [0.1, 0.15) is 10.5 Å². The molecule has 2 N–H and O–H groups in total. The molecule has 104 valence electrons. The first kappa shape index (κ1) is 14.2. The van der Waals surface area contributed by atoms with E-state index >= 15 is 0 Å². The van der Waals surface area contributed by atoms with Gasteiger partial charge in [-0.2, -0.15) is 5.10 Å². The Balaban J connectivity index is 2.30. The molecule has 0 fully saturated rings. The quantitative estimate of drug-likeness (QED) is 0.361. The van der Waals surface area contributed by atoms with Crippen LogP contribution in [0.5, 0.6) is 5.75 Å². The van der Waals surface area contributed by atoms with Crippen LogP contribution in [0, 0.1) is 13.7 Å². The SMILES string of the molecule is Cn1cc(I)c(C(=O)Nc2cc([N+](=O)[O-])ccc2O)n1. The minimum atomic E-state index is -0.611. The maximum atomic E-state index is 12.0. The molecule has 0 saturated heterocycles. The molecule has 1 aromatic carbocycles. The molecule has 0 aliphatic heterocycles. The fourth-order valence-corrected chi connectivity index (χ4v) is 2.29. The monoisotopic (exact) mass is 388 g/mol. The number of hydrogen-bond acceptors (Lipinski definition) is 5. The first-order valence-corrected chi connectivity index (χ1v) is 6.44. The number of carbonyl (C=O) groups excluding carboxylic acids is 1. The molecule has 0 aliphatic rings. The predicted octanol–water partition coefficient (Wildman–Crippen LogP) is 1.89. The Morgan fingerprint density at radius 3 is 2.80 bits per heavy atom. The molecule has 0 spiro atoms. The van der Waals surface area contributed by atoms with Gasteiger partial charge < -0.3 is 10.4 Å². The predicted molar refractivity (Wildman–Crippen MR) is 78.6 cm³/mol. The minimum absolute atomic E-state index is 0.0364. The van der Waals surface area contributed by atoms with Gasteiger partial charge in [-0.3, -0.25) is 19.6 Å². The second kappa shape index (κ2) is 5.45. The van der Waals surface area contributed by atoms with Crippen molar-refractivity contribution in [3.63, 3.8) is 0 Å². The zero-order valence-corrected chi connectivity index (χ0v) is 12.4. The number of nitro benzene ring substituents is 1. The number of phenolic OH excluding ortho intramolecular Hbond substituents is 1. The summed E-state index contributed by atoms with van der Waals surface area (Å²) in [4.78, 5) is 22.1. The fourth-order valence-electron chi connectivity index (χ4n) is 1.53. The van der Waals surface area contributed by atoms with Crippen molar-refractivity contribution in [1.82, 2.24) is 9.78 Å². The van der Waals surface area contributed by atoms with E-state index in [4.69, 9.17) is 0 Å². The Kier molecular flexibility index (Phi) is 3.88. The Bertz CT molecular complexity index is 698. The lowest BCUT2D eigenvalue weighted by molar-refractivity contribution is -0.384. The van der Waals surface area contributed by atoms with Crippen molar-refractivity contribution in [3.8, 4) is 5.75 Å². The molecule has 0 atom stereocenters. The number of nitro groups is 1. The van der Waals surface area contributed by atoms with Crippen molar-refractivity contribution < 1.29 is 14.8 Å². The summed E-state index contributed by atoms with van der Waals surface area (Å²) in [5, 5.41) is 26.7. The van der Waals surface area contributed by atoms with Gasteiger partial charge in [-0.25, -0.2) is 0 Å². The standard InChI is InChI=1S/C11H9IN4O4/c1-15-5-7(12)10(14-15)11(18)13-8-4-6(16(19)20)2-3-9(8)17/h2-5,17H,1H3,(H,13,18). The van der Waals surface area contributed by atoms with Gasteiger partial charge in [0.05, 0.1) is 14.2 Å². The average molecular weight is 388 g/mol. The van der Waals surface area contributed by atoms with Crippen LogP contribution in [0.25, 0.3) is 0 Å². The van der Waals surface area contributed by atoms with Crippen LogP contribution in [0.2, 0.25) is 0 Å². The first-order valence-electron chi connectivity index (χ1n) is 5.36. The maximum absolute atomic E-state index is 12.0. The Labute approximate surface area is 126 Å². The highest BCUT2D eigenvalue weighted by molar-refractivity contribution is 14.1. The number of phenols is 1. The highest BCUT2D eigenvalue weighted by atomic mass is 127. The average Bonchev–Trinajstić information content (AvgIpc) is 2.71. The van der Waals surface area contributed by atoms with Gasteiger partial charge in [-0.15, -0.1) is 0 Å². The fraction of sp³-hybridized carbons (Fsp3) is 0.0909. The van der Waals surface area contributed by atoms with Gasteiger partial charge in [0.25, 0.3) is 11.6 Å². The normalized spacial score (nSPS) is 10.3. The molecule has 0 unspecified atom stereocenters.